The van der Waals surface area contributed by atoms with Gasteiger partial charge in [-0.1, -0.05) is 19.8 Å². The average Bonchev–Trinajstić information content (AvgIpc) is 3.54. The number of nitrogens with one attached hydrogen (secondary N) is 2. The number of piperidine rings is 1. The summed E-state index contributed by atoms with van der Waals surface area (Å²) in [5, 5.41) is 7.24. The fourth-order valence-electron chi connectivity index (χ4n) is 5.66. The highest BCUT2D eigenvalue weighted by atomic mass is 35.5. The maximum absolute atomic E-state index is 12.2. The Morgan fingerprint density at radius 3 is 2.35 bits per heavy atom. The van der Waals surface area contributed by atoms with Crippen molar-refractivity contribution in [1.29, 1.82) is 0 Å². The Morgan fingerprint density at radius 1 is 1.00 bits per heavy atom. The van der Waals surface area contributed by atoms with E-state index in [0.717, 1.165) is 61.9 Å². The molecule has 2 saturated carbocycles. The van der Waals surface area contributed by atoms with Gasteiger partial charge in [0.05, 0.1) is 12.9 Å². The zero-order valence-corrected chi connectivity index (χ0v) is 23.4. The van der Waals surface area contributed by atoms with Crippen molar-refractivity contribution < 1.29 is 9.53 Å². The van der Waals surface area contributed by atoms with Gasteiger partial charge in [0.15, 0.2) is 17.0 Å². The quantitative estimate of drug-likeness (QED) is 0.440. The highest BCUT2D eigenvalue weighted by Gasteiger charge is 2.27. The van der Waals surface area contributed by atoms with Crippen molar-refractivity contribution >= 4 is 53.8 Å². The number of nitrogens with zero attached hydrogens (tertiary/aromatic N) is 5. The minimum atomic E-state index is -0.205. The van der Waals surface area contributed by atoms with Crippen LogP contribution in [0.5, 0.6) is 0 Å². The van der Waals surface area contributed by atoms with Gasteiger partial charge in [0, 0.05) is 37.3 Å². The van der Waals surface area contributed by atoms with Crippen LogP contribution in [0.4, 0.5) is 16.6 Å². The Kier molecular flexibility index (Phi) is 10.9. The summed E-state index contributed by atoms with van der Waals surface area (Å²) < 4.78 is 7.56. The van der Waals surface area contributed by atoms with Crippen LogP contribution in [0.2, 0.25) is 0 Å². The minimum absolute atomic E-state index is 0. The van der Waals surface area contributed by atoms with E-state index >= 15 is 0 Å². The van der Waals surface area contributed by atoms with E-state index in [2.05, 4.69) is 15.2 Å². The summed E-state index contributed by atoms with van der Waals surface area (Å²) in [4.78, 5) is 28.6. The third kappa shape index (κ3) is 7.09. The van der Waals surface area contributed by atoms with Crippen molar-refractivity contribution in [3.8, 4) is 0 Å². The second kappa shape index (κ2) is 13.7. The molecule has 0 spiro atoms. The number of carbonyl (C=O) groups is 1. The molecular weight excluding hydrogens is 515 g/mol. The molecule has 0 aromatic carbocycles. The number of carbonyl (C=O) groups excluding carboxylic acids is 1. The number of nitrogens with two attached hydrogens (primary N) is 1. The number of aromatic nitrogens is 4. The third-order valence-corrected chi connectivity index (χ3v) is 7.77. The molecular formula is C25H42Cl2N8O2. The average molecular weight is 558 g/mol. The molecule has 0 atom stereocenters. The van der Waals surface area contributed by atoms with E-state index in [4.69, 9.17) is 25.4 Å². The lowest BCUT2D eigenvalue weighted by Gasteiger charge is -2.32. The summed E-state index contributed by atoms with van der Waals surface area (Å²) in [6.45, 7) is 3.84. The van der Waals surface area contributed by atoms with Crippen LogP contribution in [0.25, 0.3) is 11.2 Å². The van der Waals surface area contributed by atoms with E-state index in [1.807, 2.05) is 13.3 Å². The molecule has 0 bridgehead atoms. The van der Waals surface area contributed by atoms with Crippen LogP contribution in [0, 0.1) is 0 Å². The van der Waals surface area contributed by atoms with E-state index in [0.29, 0.717) is 43.8 Å². The number of anilines is 2. The number of fused-ring (bicyclic) bond motifs is 1. The Hall–Kier alpha value is -2.04. The third-order valence-electron chi connectivity index (χ3n) is 7.77. The number of likely N-dealkylation sites (tertiary alicyclic amines) is 1. The molecule has 0 unspecified atom stereocenters. The maximum atomic E-state index is 12.2. The first-order valence-corrected chi connectivity index (χ1v) is 13.6. The van der Waals surface area contributed by atoms with E-state index in [1.54, 1.807) is 4.90 Å². The zero-order valence-electron chi connectivity index (χ0n) is 21.7. The Labute approximate surface area is 231 Å². The summed E-state index contributed by atoms with van der Waals surface area (Å²) in [7, 11) is 0. The number of halogens is 2. The lowest BCUT2D eigenvalue weighted by Crippen LogP contribution is -2.42. The molecule has 5 rings (SSSR count). The fourth-order valence-corrected chi connectivity index (χ4v) is 5.66. The van der Waals surface area contributed by atoms with Gasteiger partial charge in [-0.25, -0.2) is 9.78 Å². The molecule has 3 aliphatic rings. The summed E-state index contributed by atoms with van der Waals surface area (Å²) in [5.41, 5.74) is 7.85. The maximum Gasteiger partial charge on any atom is 0.409 e. The van der Waals surface area contributed by atoms with E-state index in [-0.39, 0.29) is 36.9 Å². The molecule has 0 radical (unpaired) electrons. The molecule has 1 aliphatic heterocycles. The molecule has 37 heavy (non-hydrogen) atoms. The van der Waals surface area contributed by atoms with Gasteiger partial charge in [0.2, 0.25) is 5.95 Å². The molecule has 1 saturated heterocycles. The normalized spacial score (nSPS) is 22.8. The number of hydrogen-bond donors (Lipinski definition) is 3. The summed E-state index contributed by atoms with van der Waals surface area (Å²) >= 11 is 0. The number of ether oxygens (including phenoxy) is 1. The molecule has 10 nitrogen and oxygen atoms in total. The van der Waals surface area contributed by atoms with Crippen molar-refractivity contribution in [2.45, 2.75) is 102 Å². The monoisotopic (exact) mass is 556 g/mol. The van der Waals surface area contributed by atoms with Gasteiger partial charge in [-0.15, -0.1) is 24.8 Å². The first-order valence-electron chi connectivity index (χ1n) is 13.6. The Morgan fingerprint density at radius 2 is 1.68 bits per heavy atom. The number of rotatable bonds is 7. The molecule has 2 aliphatic carbocycles. The topological polar surface area (TPSA) is 123 Å². The molecule has 12 heteroatoms. The predicted molar refractivity (Wildman–Crippen MR) is 151 cm³/mol. The molecule has 4 N–H and O–H groups in total. The lowest BCUT2D eigenvalue weighted by atomic mass is 9.92. The number of imidazole rings is 1. The van der Waals surface area contributed by atoms with Crippen LogP contribution in [-0.4, -0.2) is 68.3 Å². The van der Waals surface area contributed by atoms with Gasteiger partial charge >= 0.3 is 6.09 Å². The number of amides is 1. The van der Waals surface area contributed by atoms with E-state index in [1.165, 1.54) is 25.7 Å². The minimum Gasteiger partial charge on any atom is -0.449 e. The van der Waals surface area contributed by atoms with Gasteiger partial charge < -0.3 is 30.6 Å². The smallest absolute Gasteiger partial charge is 0.409 e. The fraction of sp³-hybridized carbons (Fsp3) is 0.760. The zero-order chi connectivity index (χ0) is 24.2. The van der Waals surface area contributed by atoms with Gasteiger partial charge in [-0.05, 0) is 57.8 Å². The first-order chi connectivity index (χ1) is 17.1. The Balaban J connectivity index is 0.00000190. The van der Waals surface area contributed by atoms with Gasteiger partial charge in [0.1, 0.15) is 0 Å². The van der Waals surface area contributed by atoms with Crippen LogP contribution in [0.1, 0.15) is 83.6 Å². The molecule has 1 amide bonds. The molecule has 2 aromatic heterocycles. The second-order valence-corrected chi connectivity index (χ2v) is 10.4. The van der Waals surface area contributed by atoms with Crippen LogP contribution in [0.15, 0.2) is 6.33 Å². The van der Waals surface area contributed by atoms with Crippen molar-refractivity contribution in [2.24, 2.45) is 5.73 Å². The standard InChI is InChI=1S/C25H40N8O2.2ClH/c1-2-15-35-25(34)32-13-11-19(12-14-32)28-22-21-23(33(16-27-21)20-5-3-4-6-20)31-24(30-22)29-18-9-7-17(26)8-10-18;;/h16-20H,2-15,26H2,1H3,(H2,28,29,30,31);2*1H. The predicted octanol–water partition coefficient (Wildman–Crippen LogP) is 4.89. The summed E-state index contributed by atoms with van der Waals surface area (Å²) in [5.74, 6) is 1.45. The SMILES string of the molecule is CCCOC(=O)N1CCC(Nc2nc(NC3CCC(N)CC3)nc3c2ncn3C2CCCC2)CC1.Cl.Cl. The summed E-state index contributed by atoms with van der Waals surface area (Å²) in [6, 6.07) is 1.34. The van der Waals surface area contributed by atoms with E-state index < -0.39 is 0 Å². The summed E-state index contributed by atoms with van der Waals surface area (Å²) in [6.07, 6.45) is 13.3. The van der Waals surface area contributed by atoms with Crippen LogP contribution in [-0.2, 0) is 4.74 Å². The molecule has 3 fully saturated rings. The van der Waals surface area contributed by atoms with E-state index in [9.17, 15) is 4.79 Å². The van der Waals surface area contributed by atoms with Crippen molar-refractivity contribution in [1.82, 2.24) is 24.4 Å². The van der Waals surface area contributed by atoms with Crippen molar-refractivity contribution in [2.75, 3.05) is 30.3 Å². The van der Waals surface area contributed by atoms with Crippen molar-refractivity contribution in [3.63, 3.8) is 0 Å². The Bertz CT molecular complexity index is 1000. The molecule has 3 heterocycles. The van der Waals surface area contributed by atoms with Gasteiger partial charge in [-0.3, -0.25) is 0 Å². The lowest BCUT2D eigenvalue weighted by molar-refractivity contribution is 0.0939. The largest absolute Gasteiger partial charge is 0.449 e. The van der Waals surface area contributed by atoms with Crippen LogP contribution in [0.3, 0.4) is 0 Å². The second-order valence-electron chi connectivity index (χ2n) is 10.4. The van der Waals surface area contributed by atoms with Crippen LogP contribution >= 0.6 is 24.8 Å². The highest BCUT2D eigenvalue weighted by molar-refractivity contribution is 5.86. The molecule has 2 aromatic rings. The van der Waals surface area contributed by atoms with Crippen LogP contribution < -0.4 is 16.4 Å². The van der Waals surface area contributed by atoms with Gasteiger partial charge in [-0.2, -0.15) is 9.97 Å². The molecule has 208 valence electrons. The first kappa shape index (κ1) is 29.5. The number of hydrogen-bond acceptors (Lipinski definition) is 8. The highest BCUT2D eigenvalue weighted by Crippen LogP contribution is 2.34. The van der Waals surface area contributed by atoms with Crippen molar-refractivity contribution in [3.05, 3.63) is 6.33 Å². The van der Waals surface area contributed by atoms with Gasteiger partial charge in [0.25, 0.3) is 0 Å².